The van der Waals surface area contributed by atoms with Gasteiger partial charge in [-0.1, -0.05) is 0 Å². The molecule has 0 aromatic heterocycles. The molecule has 1 aromatic rings. The fraction of sp³-hybridized carbons (Fsp3) is 0.538. The summed E-state index contributed by atoms with van der Waals surface area (Å²) in [5.41, 5.74) is 1.25. The summed E-state index contributed by atoms with van der Waals surface area (Å²) < 4.78 is 49.9. The molecule has 0 radical (unpaired) electrons. The molecule has 0 aliphatic rings. The third kappa shape index (κ3) is 4.70. The zero-order valence-corrected chi connectivity index (χ0v) is 11.2. The van der Waals surface area contributed by atoms with Crippen LogP contribution in [0.2, 0.25) is 0 Å². The van der Waals surface area contributed by atoms with Gasteiger partial charge in [0.05, 0.1) is 6.42 Å². The van der Waals surface area contributed by atoms with Crippen molar-refractivity contribution in [3.8, 4) is 0 Å². The highest BCUT2D eigenvalue weighted by atomic mass is 19.4. The Bertz CT molecular complexity index is 418. The normalized spacial score (nSPS) is 13.4. The van der Waals surface area contributed by atoms with Crippen molar-refractivity contribution in [2.45, 2.75) is 25.6 Å². The van der Waals surface area contributed by atoms with E-state index in [-0.39, 0.29) is 12.6 Å². The average Bonchev–Trinajstić information content (AvgIpc) is 2.34. The minimum atomic E-state index is -4.19. The maximum atomic E-state index is 13.3. The van der Waals surface area contributed by atoms with Gasteiger partial charge < -0.3 is 10.2 Å². The summed E-state index contributed by atoms with van der Waals surface area (Å²) in [6, 6.07) is 3.97. The van der Waals surface area contributed by atoms with Gasteiger partial charge in [0, 0.05) is 25.3 Å². The van der Waals surface area contributed by atoms with Gasteiger partial charge >= 0.3 is 6.18 Å². The number of hydrogen-bond acceptors (Lipinski definition) is 2. The highest BCUT2D eigenvalue weighted by Crippen LogP contribution is 2.28. The smallest absolute Gasteiger partial charge is 0.374 e. The molecule has 0 aliphatic carbocycles. The Morgan fingerprint density at radius 3 is 2.47 bits per heavy atom. The van der Waals surface area contributed by atoms with Crippen LogP contribution < -0.4 is 10.2 Å². The van der Waals surface area contributed by atoms with Crippen LogP contribution in [0.4, 0.5) is 23.2 Å². The number of alkyl halides is 3. The van der Waals surface area contributed by atoms with Crippen molar-refractivity contribution in [3.05, 3.63) is 29.6 Å². The lowest BCUT2D eigenvalue weighted by Gasteiger charge is -2.25. The van der Waals surface area contributed by atoms with Crippen molar-refractivity contribution >= 4 is 5.69 Å². The van der Waals surface area contributed by atoms with Crippen LogP contribution >= 0.6 is 0 Å². The number of anilines is 1. The van der Waals surface area contributed by atoms with E-state index in [1.165, 1.54) is 23.1 Å². The van der Waals surface area contributed by atoms with Crippen molar-refractivity contribution in [3.63, 3.8) is 0 Å². The number of halogens is 4. The molecule has 0 amide bonds. The highest BCUT2D eigenvalue weighted by Gasteiger charge is 2.27. The summed E-state index contributed by atoms with van der Waals surface area (Å²) in [4.78, 5) is 1.50. The summed E-state index contributed by atoms with van der Waals surface area (Å²) in [5, 5.41) is 2.96. The molecule has 2 nitrogen and oxygen atoms in total. The van der Waals surface area contributed by atoms with Gasteiger partial charge in [0.25, 0.3) is 0 Å². The Morgan fingerprint density at radius 1 is 1.32 bits per heavy atom. The molecular weight excluding hydrogens is 260 g/mol. The van der Waals surface area contributed by atoms with Crippen molar-refractivity contribution in [2.24, 2.45) is 0 Å². The van der Waals surface area contributed by atoms with Gasteiger partial charge in [-0.2, -0.15) is 13.2 Å². The molecule has 0 saturated carbocycles. The van der Waals surface area contributed by atoms with Crippen LogP contribution in [0.3, 0.4) is 0 Å². The van der Waals surface area contributed by atoms with E-state index in [4.69, 9.17) is 0 Å². The minimum Gasteiger partial charge on any atom is -0.374 e. The summed E-state index contributed by atoms with van der Waals surface area (Å²) in [6.45, 7) is 1.68. The topological polar surface area (TPSA) is 15.3 Å². The Kier molecular flexibility index (Phi) is 5.17. The van der Waals surface area contributed by atoms with Gasteiger partial charge in [-0.3, -0.25) is 0 Å². The first kappa shape index (κ1) is 15.8. The zero-order valence-electron chi connectivity index (χ0n) is 11.2. The standard InChI is InChI=1S/C13H18F4N2/c1-9(18-2)11-8-10(14)4-5-12(11)19(3)7-6-13(15,16)17/h4-5,8-9,18H,6-7H2,1-3H3. The molecule has 0 bridgehead atoms. The lowest BCUT2D eigenvalue weighted by molar-refractivity contribution is -0.132. The first-order chi connectivity index (χ1) is 8.74. The SMILES string of the molecule is CNC(C)c1cc(F)ccc1N(C)CCC(F)(F)F. The molecule has 0 spiro atoms. The molecule has 0 fully saturated rings. The Balaban J connectivity index is 2.92. The van der Waals surface area contributed by atoms with Crippen LogP contribution in [-0.2, 0) is 0 Å². The lowest BCUT2D eigenvalue weighted by atomic mass is 10.0. The maximum Gasteiger partial charge on any atom is 0.390 e. The highest BCUT2D eigenvalue weighted by molar-refractivity contribution is 5.54. The Morgan fingerprint density at radius 2 is 1.95 bits per heavy atom. The van der Waals surface area contributed by atoms with E-state index >= 15 is 0 Å². The van der Waals surface area contributed by atoms with Crippen LogP contribution in [0.15, 0.2) is 18.2 Å². The first-order valence-electron chi connectivity index (χ1n) is 5.99. The quantitative estimate of drug-likeness (QED) is 0.829. The largest absolute Gasteiger partial charge is 0.390 e. The van der Waals surface area contributed by atoms with Crippen molar-refractivity contribution < 1.29 is 17.6 Å². The van der Waals surface area contributed by atoms with E-state index < -0.39 is 18.4 Å². The fourth-order valence-electron chi connectivity index (χ4n) is 1.79. The molecule has 108 valence electrons. The summed E-state index contributed by atoms with van der Waals surface area (Å²) >= 11 is 0. The van der Waals surface area contributed by atoms with Crippen LogP contribution in [0.25, 0.3) is 0 Å². The second-order valence-corrected chi connectivity index (χ2v) is 4.50. The second-order valence-electron chi connectivity index (χ2n) is 4.50. The zero-order chi connectivity index (χ0) is 14.6. The Hall–Kier alpha value is -1.30. The van der Waals surface area contributed by atoms with Crippen molar-refractivity contribution in [2.75, 3.05) is 25.5 Å². The minimum absolute atomic E-state index is 0.140. The van der Waals surface area contributed by atoms with E-state index in [0.717, 1.165) is 0 Å². The van der Waals surface area contributed by atoms with Crippen LogP contribution in [0, 0.1) is 5.82 Å². The third-order valence-electron chi connectivity index (χ3n) is 3.03. The molecule has 1 unspecified atom stereocenters. The van der Waals surface area contributed by atoms with E-state index in [9.17, 15) is 17.6 Å². The van der Waals surface area contributed by atoms with Crippen LogP contribution in [-0.4, -0.2) is 26.8 Å². The van der Waals surface area contributed by atoms with Gasteiger partial charge in [0.15, 0.2) is 0 Å². The molecule has 0 saturated heterocycles. The Labute approximate surface area is 110 Å². The monoisotopic (exact) mass is 278 g/mol. The van der Waals surface area contributed by atoms with Crippen LogP contribution in [0.1, 0.15) is 24.9 Å². The van der Waals surface area contributed by atoms with E-state index in [1.54, 1.807) is 14.1 Å². The van der Waals surface area contributed by atoms with E-state index in [1.807, 2.05) is 6.92 Å². The molecular formula is C13H18F4N2. The molecule has 0 aliphatic heterocycles. The maximum absolute atomic E-state index is 13.3. The average molecular weight is 278 g/mol. The molecule has 0 heterocycles. The van der Waals surface area contributed by atoms with Crippen molar-refractivity contribution in [1.29, 1.82) is 0 Å². The number of benzene rings is 1. The molecule has 1 rings (SSSR count). The van der Waals surface area contributed by atoms with Gasteiger partial charge in [0.1, 0.15) is 5.82 Å². The predicted molar refractivity (Wildman–Crippen MR) is 67.8 cm³/mol. The van der Waals surface area contributed by atoms with Gasteiger partial charge in [-0.25, -0.2) is 4.39 Å². The molecule has 1 atom stereocenters. The number of nitrogens with one attached hydrogen (secondary N) is 1. The second kappa shape index (κ2) is 6.23. The van der Waals surface area contributed by atoms with Gasteiger partial charge in [0.2, 0.25) is 0 Å². The lowest BCUT2D eigenvalue weighted by Crippen LogP contribution is -2.26. The van der Waals surface area contributed by atoms with E-state index in [2.05, 4.69) is 5.32 Å². The molecule has 1 N–H and O–H groups in total. The summed E-state index contributed by atoms with van der Waals surface area (Å²) in [6.07, 6.45) is -5.09. The number of nitrogens with zero attached hydrogens (tertiary/aromatic N) is 1. The van der Waals surface area contributed by atoms with Crippen molar-refractivity contribution in [1.82, 2.24) is 5.32 Å². The summed E-state index contributed by atoms with van der Waals surface area (Å²) in [5.74, 6) is -0.398. The molecule has 19 heavy (non-hydrogen) atoms. The predicted octanol–water partition coefficient (Wildman–Crippen LogP) is 3.49. The molecule has 6 heteroatoms. The fourth-order valence-corrected chi connectivity index (χ4v) is 1.79. The van der Waals surface area contributed by atoms with Gasteiger partial charge in [-0.05, 0) is 37.7 Å². The number of hydrogen-bond donors (Lipinski definition) is 1. The first-order valence-corrected chi connectivity index (χ1v) is 5.99. The van der Waals surface area contributed by atoms with E-state index in [0.29, 0.717) is 11.3 Å². The third-order valence-corrected chi connectivity index (χ3v) is 3.03. The summed E-state index contributed by atoms with van der Waals surface area (Å²) in [7, 11) is 3.29. The van der Waals surface area contributed by atoms with Gasteiger partial charge in [-0.15, -0.1) is 0 Å². The molecule has 1 aromatic carbocycles. The number of rotatable bonds is 5. The van der Waals surface area contributed by atoms with Crippen LogP contribution in [0.5, 0.6) is 0 Å².